The van der Waals surface area contributed by atoms with Crippen LogP contribution < -0.4 is 9.62 Å². The van der Waals surface area contributed by atoms with E-state index in [9.17, 15) is 18.0 Å². The summed E-state index contributed by atoms with van der Waals surface area (Å²) in [6.07, 6.45) is 0.179. The van der Waals surface area contributed by atoms with Crippen molar-refractivity contribution in [2.45, 2.75) is 50.7 Å². The van der Waals surface area contributed by atoms with Crippen LogP contribution >= 0.6 is 34.8 Å². The van der Waals surface area contributed by atoms with Gasteiger partial charge in [-0.3, -0.25) is 13.9 Å². The molecule has 0 aliphatic carbocycles. The molecule has 4 aromatic rings. The van der Waals surface area contributed by atoms with Crippen molar-refractivity contribution in [1.82, 2.24) is 10.2 Å². The van der Waals surface area contributed by atoms with Crippen molar-refractivity contribution in [3.8, 4) is 0 Å². The molecule has 0 saturated heterocycles. The molecule has 0 aromatic heterocycles. The van der Waals surface area contributed by atoms with Crippen molar-refractivity contribution in [1.29, 1.82) is 0 Å². The summed E-state index contributed by atoms with van der Waals surface area (Å²) in [6.45, 7) is 4.71. The molecule has 0 spiro atoms. The van der Waals surface area contributed by atoms with Gasteiger partial charge in [0.1, 0.15) is 12.6 Å². The van der Waals surface area contributed by atoms with Gasteiger partial charge in [0, 0.05) is 34.1 Å². The van der Waals surface area contributed by atoms with Crippen molar-refractivity contribution < 1.29 is 18.0 Å². The van der Waals surface area contributed by atoms with Gasteiger partial charge in [-0.15, -0.1) is 0 Å². The Kier molecular flexibility index (Phi) is 11.6. The van der Waals surface area contributed by atoms with E-state index >= 15 is 0 Å². The molecule has 1 unspecified atom stereocenters. The van der Waals surface area contributed by atoms with Gasteiger partial charge < -0.3 is 10.2 Å². The highest BCUT2D eigenvalue weighted by atomic mass is 35.5. The minimum Gasteiger partial charge on any atom is -0.352 e. The third-order valence-electron chi connectivity index (χ3n) is 7.11. The van der Waals surface area contributed by atoms with Crippen LogP contribution in [0.1, 0.15) is 30.5 Å². The predicted molar refractivity (Wildman–Crippen MR) is 181 cm³/mol. The molecule has 0 aliphatic rings. The van der Waals surface area contributed by atoms with Crippen LogP contribution in [-0.2, 0) is 32.6 Å². The third-order valence-corrected chi connectivity index (χ3v) is 9.70. The van der Waals surface area contributed by atoms with Crippen molar-refractivity contribution in [2.75, 3.05) is 10.8 Å². The average Bonchev–Trinajstić information content (AvgIpc) is 3.00. The number of halogens is 3. The molecule has 45 heavy (non-hydrogen) atoms. The van der Waals surface area contributed by atoms with Crippen LogP contribution in [0.5, 0.6) is 0 Å². The molecule has 0 bridgehead atoms. The van der Waals surface area contributed by atoms with E-state index in [1.807, 2.05) is 44.2 Å². The SMILES string of the molecule is Cc1ccc(Cl)cc1N(CC(=O)N(Cc1ccc(Cl)cc1Cl)C(Cc1ccccc1)C(=O)NC(C)C)S(=O)(=O)c1ccccc1. The Hall–Kier alpha value is -3.56. The summed E-state index contributed by atoms with van der Waals surface area (Å²) >= 11 is 19.0. The molecule has 0 radical (unpaired) electrons. The Balaban J connectivity index is 1.85. The predicted octanol–water partition coefficient (Wildman–Crippen LogP) is 7.32. The number of rotatable bonds is 12. The second-order valence-corrected chi connectivity index (χ2v) is 14.0. The minimum atomic E-state index is -4.25. The summed E-state index contributed by atoms with van der Waals surface area (Å²) in [5.41, 5.74) is 2.20. The van der Waals surface area contributed by atoms with Gasteiger partial charge in [-0.05, 0) is 73.9 Å². The smallest absolute Gasteiger partial charge is 0.264 e. The second-order valence-electron chi connectivity index (χ2n) is 10.9. The highest BCUT2D eigenvalue weighted by Gasteiger charge is 2.35. The summed E-state index contributed by atoms with van der Waals surface area (Å²) in [5, 5.41) is 3.96. The molecule has 1 N–H and O–H groups in total. The number of nitrogens with one attached hydrogen (secondary N) is 1. The standard InChI is InChI=1S/C34H34Cl3N3O4S/c1-23(2)38-34(42)32(18-25-10-6-4-7-11-25)39(21-26-15-17-27(35)19-30(26)37)33(41)22-40(31-20-28(36)16-14-24(31)3)45(43,44)29-12-8-5-9-13-29/h4-17,19-20,23,32H,18,21-22H2,1-3H3,(H,38,42). The van der Waals surface area contributed by atoms with E-state index in [4.69, 9.17) is 34.8 Å². The van der Waals surface area contributed by atoms with Gasteiger partial charge >= 0.3 is 0 Å². The molecule has 7 nitrogen and oxygen atoms in total. The first-order chi connectivity index (χ1) is 21.4. The quantitative estimate of drug-likeness (QED) is 0.169. The summed E-state index contributed by atoms with van der Waals surface area (Å²) in [7, 11) is -4.25. The molecule has 0 heterocycles. The zero-order valence-corrected chi connectivity index (χ0v) is 28.2. The summed E-state index contributed by atoms with van der Waals surface area (Å²) < 4.78 is 29.3. The maximum absolute atomic E-state index is 14.5. The topological polar surface area (TPSA) is 86.8 Å². The molecule has 11 heteroatoms. The lowest BCUT2D eigenvalue weighted by Crippen LogP contribution is -2.54. The van der Waals surface area contributed by atoms with Gasteiger partial charge in [-0.25, -0.2) is 8.42 Å². The number of sulfonamides is 1. The van der Waals surface area contributed by atoms with Crippen molar-refractivity contribution in [3.63, 3.8) is 0 Å². The van der Waals surface area contributed by atoms with Crippen LogP contribution in [0.3, 0.4) is 0 Å². The van der Waals surface area contributed by atoms with E-state index in [1.54, 1.807) is 55.5 Å². The van der Waals surface area contributed by atoms with Gasteiger partial charge in [-0.1, -0.05) is 95.5 Å². The van der Waals surface area contributed by atoms with E-state index in [1.165, 1.54) is 23.1 Å². The Labute approximate surface area is 279 Å². The number of aryl methyl sites for hydroxylation is 1. The fourth-order valence-corrected chi connectivity index (χ4v) is 6.98. The van der Waals surface area contributed by atoms with Gasteiger partial charge in [0.15, 0.2) is 0 Å². The van der Waals surface area contributed by atoms with Crippen molar-refractivity contribution in [3.05, 3.63) is 129 Å². The number of anilines is 1. The number of amides is 2. The molecule has 4 rings (SSSR count). The van der Waals surface area contributed by atoms with Gasteiger partial charge in [0.05, 0.1) is 10.6 Å². The Morgan fingerprint density at radius 1 is 0.822 bits per heavy atom. The first-order valence-electron chi connectivity index (χ1n) is 14.3. The van der Waals surface area contributed by atoms with Crippen molar-refractivity contribution >= 4 is 62.3 Å². The molecular formula is C34H34Cl3N3O4S. The first kappa shape index (κ1) is 34.3. The Morgan fingerprint density at radius 2 is 1.42 bits per heavy atom. The van der Waals surface area contributed by atoms with E-state index in [0.717, 1.165) is 9.87 Å². The lowest BCUT2D eigenvalue weighted by Gasteiger charge is -2.34. The van der Waals surface area contributed by atoms with E-state index in [-0.39, 0.29) is 35.5 Å². The molecule has 4 aromatic carbocycles. The zero-order chi connectivity index (χ0) is 32.7. The van der Waals surface area contributed by atoms with Gasteiger partial charge in [0.25, 0.3) is 10.0 Å². The summed E-state index contributed by atoms with van der Waals surface area (Å²) in [4.78, 5) is 29.7. The largest absolute Gasteiger partial charge is 0.352 e. The van der Waals surface area contributed by atoms with Gasteiger partial charge in [0.2, 0.25) is 11.8 Å². The van der Waals surface area contributed by atoms with E-state index in [2.05, 4.69) is 5.32 Å². The number of benzene rings is 4. The van der Waals surface area contributed by atoms with Crippen LogP contribution in [0.2, 0.25) is 15.1 Å². The molecule has 0 aliphatic heterocycles. The van der Waals surface area contributed by atoms with Crippen LogP contribution in [0.4, 0.5) is 5.69 Å². The maximum atomic E-state index is 14.5. The monoisotopic (exact) mass is 685 g/mol. The maximum Gasteiger partial charge on any atom is 0.264 e. The van der Waals surface area contributed by atoms with Crippen LogP contribution in [0, 0.1) is 6.92 Å². The molecule has 0 saturated carbocycles. The van der Waals surface area contributed by atoms with Crippen LogP contribution in [0.25, 0.3) is 0 Å². The highest BCUT2D eigenvalue weighted by molar-refractivity contribution is 7.92. The Morgan fingerprint density at radius 3 is 2.04 bits per heavy atom. The highest BCUT2D eigenvalue weighted by Crippen LogP contribution is 2.31. The zero-order valence-electron chi connectivity index (χ0n) is 25.1. The molecule has 236 valence electrons. The van der Waals surface area contributed by atoms with Crippen LogP contribution in [0.15, 0.2) is 102 Å². The van der Waals surface area contributed by atoms with Gasteiger partial charge in [-0.2, -0.15) is 0 Å². The van der Waals surface area contributed by atoms with Crippen LogP contribution in [-0.4, -0.2) is 43.8 Å². The minimum absolute atomic E-state index is 0.00265. The first-order valence-corrected chi connectivity index (χ1v) is 16.9. The Bertz CT molecular complexity index is 1750. The number of hydrogen-bond donors (Lipinski definition) is 1. The summed E-state index contributed by atoms with van der Waals surface area (Å²) in [6, 6.07) is 25.7. The van der Waals surface area contributed by atoms with Crippen molar-refractivity contribution in [2.24, 2.45) is 0 Å². The number of carbonyl (C=O) groups is 2. The fourth-order valence-electron chi connectivity index (χ4n) is 4.85. The molecule has 2 amide bonds. The summed E-state index contributed by atoms with van der Waals surface area (Å²) in [5.74, 6) is -0.997. The normalized spacial score (nSPS) is 12.1. The lowest BCUT2D eigenvalue weighted by molar-refractivity contribution is -0.140. The third kappa shape index (κ3) is 8.79. The molecule has 1 atom stereocenters. The molecular weight excluding hydrogens is 653 g/mol. The van der Waals surface area contributed by atoms with E-state index < -0.39 is 28.5 Å². The molecule has 0 fully saturated rings. The van der Waals surface area contributed by atoms with E-state index in [0.29, 0.717) is 26.2 Å². The number of nitrogens with zero attached hydrogens (tertiary/aromatic N) is 2. The average molecular weight is 687 g/mol. The fraction of sp³-hybridized carbons (Fsp3) is 0.235. The number of carbonyl (C=O) groups excluding carboxylic acids is 2. The number of hydrogen-bond acceptors (Lipinski definition) is 4. The lowest BCUT2D eigenvalue weighted by atomic mass is 10.0. The second kappa shape index (κ2) is 15.1.